The summed E-state index contributed by atoms with van der Waals surface area (Å²) in [7, 11) is 0. The third-order valence-electron chi connectivity index (χ3n) is 6.14. The van der Waals surface area contributed by atoms with Crippen LogP contribution in [0.5, 0.6) is 0 Å². The lowest BCUT2D eigenvalue weighted by atomic mass is 9.97. The average Bonchev–Trinajstić information content (AvgIpc) is 2.83. The van der Waals surface area contributed by atoms with Crippen LogP contribution in [-0.4, -0.2) is 74.1 Å². The summed E-state index contributed by atoms with van der Waals surface area (Å²) in [4.78, 5) is 30.4. The van der Waals surface area contributed by atoms with E-state index in [0.29, 0.717) is 56.2 Å². The Bertz CT molecular complexity index is 1230. The lowest BCUT2D eigenvalue weighted by Crippen LogP contribution is -2.52. The number of nitrogens with two attached hydrogens (primary N) is 1. The topological polar surface area (TPSA) is 108 Å². The first-order chi connectivity index (χ1) is 17.1. The van der Waals surface area contributed by atoms with Crippen LogP contribution in [0.2, 0.25) is 10.0 Å². The van der Waals surface area contributed by atoms with E-state index in [2.05, 4.69) is 19.9 Å². The van der Waals surface area contributed by atoms with Crippen molar-refractivity contribution in [2.45, 2.75) is 32.8 Å². The largest absolute Gasteiger partial charge is 0.389 e. The lowest BCUT2D eigenvalue weighted by molar-refractivity contribution is 0.0178. The Morgan fingerprint density at radius 2 is 1.72 bits per heavy atom. The van der Waals surface area contributed by atoms with Crippen LogP contribution in [0, 0.1) is 0 Å². The van der Waals surface area contributed by atoms with Crippen LogP contribution >= 0.6 is 23.2 Å². The summed E-state index contributed by atoms with van der Waals surface area (Å²) in [5.74, 6) is 0.212. The van der Waals surface area contributed by atoms with Crippen LogP contribution in [0.3, 0.4) is 0 Å². The van der Waals surface area contributed by atoms with Crippen LogP contribution in [0.25, 0.3) is 22.4 Å². The zero-order chi connectivity index (χ0) is 26.0. The maximum atomic E-state index is 13.3. The van der Waals surface area contributed by atoms with Crippen molar-refractivity contribution in [1.82, 2.24) is 24.8 Å². The summed E-state index contributed by atoms with van der Waals surface area (Å²) in [6.07, 6.45) is 3.89. The van der Waals surface area contributed by atoms with Crippen molar-refractivity contribution in [2.75, 3.05) is 38.5 Å². The number of amides is 1. The smallest absolute Gasteiger partial charge is 0.256 e. The van der Waals surface area contributed by atoms with Crippen molar-refractivity contribution < 1.29 is 9.90 Å². The van der Waals surface area contributed by atoms with Crippen molar-refractivity contribution in [3.63, 3.8) is 0 Å². The first-order valence-corrected chi connectivity index (χ1v) is 12.6. The Morgan fingerprint density at radius 1 is 1.06 bits per heavy atom. The highest BCUT2D eigenvalue weighted by atomic mass is 35.5. The van der Waals surface area contributed by atoms with E-state index < -0.39 is 5.60 Å². The predicted molar refractivity (Wildman–Crippen MR) is 143 cm³/mol. The number of carbonyl (C=O) groups is 1. The van der Waals surface area contributed by atoms with E-state index in [1.54, 1.807) is 43.1 Å². The molecule has 0 aliphatic carbocycles. The molecule has 1 aliphatic rings. The van der Waals surface area contributed by atoms with Gasteiger partial charge in [0.15, 0.2) is 0 Å². The minimum atomic E-state index is -0.783. The number of nitrogen functional groups attached to an aromatic ring is 1. The van der Waals surface area contributed by atoms with E-state index in [9.17, 15) is 9.90 Å². The molecule has 1 fully saturated rings. The molecule has 3 aromatic rings. The molecule has 3 heterocycles. The molecule has 36 heavy (non-hydrogen) atoms. The predicted octanol–water partition coefficient (Wildman–Crippen LogP) is 4.19. The number of hydrogen-bond donors (Lipinski definition) is 2. The van der Waals surface area contributed by atoms with Gasteiger partial charge in [0, 0.05) is 55.6 Å². The molecule has 1 aromatic carbocycles. The minimum absolute atomic E-state index is 0.209. The van der Waals surface area contributed by atoms with Crippen molar-refractivity contribution in [3.8, 4) is 22.4 Å². The maximum Gasteiger partial charge on any atom is 0.256 e. The number of β-amino-alcohol motifs (C(OH)–C–C–N with tert-alkyl or cyclic N) is 1. The first kappa shape index (κ1) is 26.3. The molecule has 1 saturated heterocycles. The van der Waals surface area contributed by atoms with Gasteiger partial charge in [0.2, 0.25) is 0 Å². The Kier molecular flexibility index (Phi) is 7.80. The van der Waals surface area contributed by atoms with Gasteiger partial charge < -0.3 is 15.7 Å². The van der Waals surface area contributed by atoms with Gasteiger partial charge in [-0.3, -0.25) is 9.69 Å². The highest BCUT2D eigenvalue weighted by molar-refractivity contribution is 6.40. The van der Waals surface area contributed by atoms with E-state index in [0.717, 1.165) is 16.8 Å². The van der Waals surface area contributed by atoms with E-state index in [-0.39, 0.29) is 21.5 Å². The lowest BCUT2D eigenvalue weighted by Gasteiger charge is -2.37. The molecule has 0 spiro atoms. The van der Waals surface area contributed by atoms with Crippen LogP contribution in [-0.2, 0) is 6.42 Å². The number of rotatable bonds is 6. The van der Waals surface area contributed by atoms with Gasteiger partial charge in [0.05, 0.1) is 32.6 Å². The molecule has 8 nitrogen and oxygen atoms in total. The molecule has 10 heteroatoms. The van der Waals surface area contributed by atoms with Gasteiger partial charge in [-0.25, -0.2) is 15.0 Å². The summed E-state index contributed by atoms with van der Waals surface area (Å²) in [6, 6.07) is 7.05. The normalized spacial score (nSPS) is 14.8. The summed E-state index contributed by atoms with van der Waals surface area (Å²) >= 11 is 13.3. The minimum Gasteiger partial charge on any atom is -0.389 e. The number of anilines is 1. The van der Waals surface area contributed by atoms with Crippen molar-refractivity contribution in [2.24, 2.45) is 0 Å². The monoisotopic (exact) mass is 528 g/mol. The second-order valence-electron chi connectivity index (χ2n) is 9.56. The fourth-order valence-corrected chi connectivity index (χ4v) is 5.14. The number of aryl methyl sites for hydroxylation is 1. The third-order valence-corrected chi connectivity index (χ3v) is 6.73. The molecule has 0 saturated carbocycles. The van der Waals surface area contributed by atoms with Gasteiger partial charge in [-0.2, -0.15) is 0 Å². The number of nitrogens with zero attached hydrogens (tertiary/aromatic N) is 5. The van der Waals surface area contributed by atoms with Gasteiger partial charge in [0.25, 0.3) is 5.91 Å². The molecule has 0 atom stereocenters. The van der Waals surface area contributed by atoms with Crippen molar-refractivity contribution >= 4 is 34.9 Å². The van der Waals surface area contributed by atoms with Gasteiger partial charge in [-0.15, -0.1) is 0 Å². The molecule has 1 aliphatic heterocycles. The number of pyridine rings is 1. The number of halogens is 2. The number of piperazine rings is 1. The highest BCUT2D eigenvalue weighted by Gasteiger charge is 2.28. The number of aromatic nitrogens is 3. The van der Waals surface area contributed by atoms with Crippen LogP contribution in [0.4, 0.5) is 5.82 Å². The maximum absolute atomic E-state index is 13.3. The van der Waals surface area contributed by atoms with Crippen LogP contribution in [0.1, 0.15) is 36.8 Å². The number of hydrogen-bond acceptors (Lipinski definition) is 7. The Hall–Kier alpha value is -2.78. The zero-order valence-electron chi connectivity index (χ0n) is 20.6. The number of benzene rings is 1. The molecule has 0 bridgehead atoms. The van der Waals surface area contributed by atoms with Crippen LogP contribution in [0.15, 0.2) is 36.8 Å². The Morgan fingerprint density at radius 3 is 2.28 bits per heavy atom. The molecule has 190 valence electrons. The molecule has 2 aromatic heterocycles. The van der Waals surface area contributed by atoms with Crippen molar-refractivity contribution in [3.05, 3.63) is 58.1 Å². The SMILES string of the molecule is CCc1ncnc(-c2cc(Cl)c(C(=O)N3CCN(CC(C)(C)O)CC3)c(Cl)c2)c1-c1ccc(N)nc1. The highest BCUT2D eigenvalue weighted by Crippen LogP contribution is 2.37. The molecule has 3 N–H and O–H groups in total. The Balaban J connectivity index is 1.64. The van der Waals surface area contributed by atoms with E-state index in [1.807, 2.05) is 13.0 Å². The van der Waals surface area contributed by atoms with Crippen LogP contribution < -0.4 is 5.73 Å². The second-order valence-corrected chi connectivity index (χ2v) is 10.4. The molecular formula is C26H30Cl2N6O2. The quantitative estimate of drug-likeness (QED) is 0.493. The summed E-state index contributed by atoms with van der Waals surface area (Å²) in [6.45, 7) is 8.53. The van der Waals surface area contributed by atoms with Gasteiger partial charge in [0.1, 0.15) is 12.1 Å². The van der Waals surface area contributed by atoms with E-state index in [4.69, 9.17) is 28.9 Å². The summed E-state index contributed by atoms with van der Waals surface area (Å²) < 4.78 is 0. The molecule has 0 unspecified atom stereocenters. The second kappa shape index (κ2) is 10.7. The van der Waals surface area contributed by atoms with Gasteiger partial charge in [-0.05, 0) is 44.5 Å². The number of aliphatic hydroxyl groups is 1. The fraction of sp³-hybridized carbons (Fsp3) is 0.385. The van der Waals surface area contributed by atoms with Gasteiger partial charge in [-0.1, -0.05) is 30.1 Å². The zero-order valence-corrected chi connectivity index (χ0v) is 22.1. The third kappa shape index (κ3) is 5.78. The Labute approximate surface area is 221 Å². The first-order valence-electron chi connectivity index (χ1n) is 11.9. The van der Waals surface area contributed by atoms with E-state index in [1.165, 1.54) is 6.33 Å². The summed E-state index contributed by atoms with van der Waals surface area (Å²) in [5, 5.41) is 10.6. The molecule has 1 amide bonds. The molecule has 0 radical (unpaired) electrons. The average molecular weight is 529 g/mol. The standard InChI is InChI=1S/C26H30Cl2N6O2/c1-4-20-22(16-5-6-21(29)30-13-16)24(32-15-31-20)17-11-18(27)23(19(28)12-17)25(35)34-9-7-33(8-10-34)14-26(2,3)36/h5-6,11-13,15,36H,4,7-10,14H2,1-3H3,(H2,29,30). The molecular weight excluding hydrogens is 499 g/mol. The van der Waals surface area contributed by atoms with Gasteiger partial charge >= 0.3 is 0 Å². The van der Waals surface area contributed by atoms with E-state index >= 15 is 0 Å². The van der Waals surface area contributed by atoms with Crippen molar-refractivity contribution in [1.29, 1.82) is 0 Å². The molecule has 4 rings (SSSR count). The summed E-state index contributed by atoms with van der Waals surface area (Å²) in [5.41, 5.74) is 9.10. The fourth-order valence-electron chi connectivity index (χ4n) is 4.49. The number of carbonyl (C=O) groups excluding carboxylic acids is 1.